The summed E-state index contributed by atoms with van der Waals surface area (Å²) in [5.41, 5.74) is 8.08. The molecular formula is C7H7ClN6S. The molecule has 0 atom stereocenters. The lowest BCUT2D eigenvalue weighted by atomic mass is 10.5. The summed E-state index contributed by atoms with van der Waals surface area (Å²) in [7, 11) is 0. The van der Waals surface area contributed by atoms with E-state index < -0.39 is 0 Å². The Morgan fingerprint density at radius 3 is 2.93 bits per heavy atom. The smallest absolute Gasteiger partial charge is 0.229 e. The highest BCUT2D eigenvalue weighted by molar-refractivity contribution is 7.07. The van der Waals surface area contributed by atoms with Crippen molar-refractivity contribution >= 4 is 34.8 Å². The number of nitrogens with zero attached hydrogens (tertiary/aromatic N) is 4. The summed E-state index contributed by atoms with van der Waals surface area (Å²) in [6.07, 6.45) is 0. The van der Waals surface area contributed by atoms with Crippen LogP contribution in [0.3, 0.4) is 0 Å². The number of halogens is 1. The van der Waals surface area contributed by atoms with E-state index in [0.29, 0.717) is 12.5 Å². The van der Waals surface area contributed by atoms with E-state index in [1.54, 1.807) is 5.51 Å². The first-order valence-electron chi connectivity index (χ1n) is 4.02. The summed E-state index contributed by atoms with van der Waals surface area (Å²) in [6, 6.07) is 0. The average molecular weight is 243 g/mol. The minimum absolute atomic E-state index is 0.0725. The van der Waals surface area contributed by atoms with Crippen LogP contribution in [0.25, 0.3) is 0 Å². The predicted octanol–water partition coefficient (Wildman–Crippen LogP) is 1.18. The van der Waals surface area contributed by atoms with Gasteiger partial charge in [-0.25, -0.2) is 4.98 Å². The van der Waals surface area contributed by atoms with Crippen LogP contribution in [0, 0.1) is 0 Å². The monoisotopic (exact) mass is 242 g/mol. The molecule has 0 radical (unpaired) electrons. The minimum atomic E-state index is 0.0725. The van der Waals surface area contributed by atoms with Crippen molar-refractivity contribution in [3.8, 4) is 0 Å². The van der Waals surface area contributed by atoms with Crippen molar-refractivity contribution in [2.45, 2.75) is 6.54 Å². The highest BCUT2D eigenvalue weighted by atomic mass is 35.5. The van der Waals surface area contributed by atoms with Crippen LogP contribution >= 0.6 is 22.9 Å². The van der Waals surface area contributed by atoms with Gasteiger partial charge in [-0.3, -0.25) is 0 Å². The van der Waals surface area contributed by atoms with Gasteiger partial charge in [-0.2, -0.15) is 15.0 Å². The van der Waals surface area contributed by atoms with Crippen molar-refractivity contribution in [2.75, 3.05) is 11.1 Å². The first-order valence-corrected chi connectivity index (χ1v) is 5.34. The fraction of sp³-hybridized carbons (Fsp3) is 0.143. The molecule has 0 saturated carbocycles. The van der Waals surface area contributed by atoms with Gasteiger partial charge in [-0.05, 0) is 11.6 Å². The van der Waals surface area contributed by atoms with Gasteiger partial charge in [-0.1, -0.05) is 0 Å². The number of hydrogen-bond acceptors (Lipinski definition) is 7. The minimum Gasteiger partial charge on any atom is -0.368 e. The Morgan fingerprint density at radius 1 is 1.40 bits per heavy atom. The maximum Gasteiger partial charge on any atom is 0.229 e. The van der Waals surface area contributed by atoms with Gasteiger partial charge >= 0.3 is 0 Å². The van der Waals surface area contributed by atoms with E-state index >= 15 is 0 Å². The fourth-order valence-corrected chi connectivity index (χ4v) is 1.66. The molecule has 2 heterocycles. The zero-order valence-electron chi connectivity index (χ0n) is 7.51. The van der Waals surface area contributed by atoms with Gasteiger partial charge in [0, 0.05) is 5.38 Å². The highest BCUT2D eigenvalue weighted by Gasteiger charge is 2.02. The number of nitrogen functional groups attached to an aromatic ring is 1. The molecule has 15 heavy (non-hydrogen) atoms. The lowest BCUT2D eigenvalue weighted by Gasteiger charge is -2.02. The molecule has 3 N–H and O–H groups in total. The molecule has 0 spiro atoms. The van der Waals surface area contributed by atoms with E-state index in [1.165, 1.54) is 11.3 Å². The fourth-order valence-electron chi connectivity index (χ4n) is 0.939. The molecule has 2 aromatic rings. The first-order chi connectivity index (χ1) is 7.24. The summed E-state index contributed by atoms with van der Waals surface area (Å²) in [4.78, 5) is 15.5. The number of nitrogens with two attached hydrogens (primary N) is 1. The average Bonchev–Trinajstić information content (AvgIpc) is 2.65. The van der Waals surface area contributed by atoms with E-state index in [1.807, 2.05) is 5.38 Å². The number of hydrogen-bond donors (Lipinski definition) is 2. The Bertz CT molecular complexity index is 424. The van der Waals surface area contributed by atoms with Crippen LogP contribution in [0.1, 0.15) is 5.69 Å². The standard InChI is InChI=1S/C7H7ClN6S/c8-5-12-6(9)14-7(13-5)10-1-4-2-15-3-11-4/h2-3H,1H2,(H3,9,10,12,13,14). The summed E-state index contributed by atoms with van der Waals surface area (Å²) >= 11 is 7.14. The lowest BCUT2D eigenvalue weighted by Crippen LogP contribution is -2.07. The normalized spacial score (nSPS) is 10.2. The second kappa shape index (κ2) is 4.37. The molecule has 0 aliphatic rings. The molecule has 8 heteroatoms. The van der Waals surface area contributed by atoms with E-state index in [-0.39, 0.29) is 11.2 Å². The van der Waals surface area contributed by atoms with Gasteiger partial charge in [-0.15, -0.1) is 11.3 Å². The van der Waals surface area contributed by atoms with Crippen LogP contribution < -0.4 is 11.1 Å². The number of nitrogens with one attached hydrogen (secondary N) is 1. The number of aromatic nitrogens is 4. The maximum absolute atomic E-state index is 5.61. The van der Waals surface area contributed by atoms with Crippen LogP contribution in [0.15, 0.2) is 10.9 Å². The molecule has 0 aliphatic heterocycles. The predicted molar refractivity (Wildman–Crippen MR) is 58.7 cm³/mol. The molecule has 0 aromatic carbocycles. The molecule has 0 amide bonds. The van der Waals surface area contributed by atoms with Crippen molar-refractivity contribution in [2.24, 2.45) is 0 Å². The Balaban J connectivity index is 2.05. The van der Waals surface area contributed by atoms with E-state index in [0.717, 1.165) is 5.69 Å². The molecule has 2 rings (SSSR count). The largest absolute Gasteiger partial charge is 0.368 e. The van der Waals surface area contributed by atoms with Crippen LogP contribution in [0.2, 0.25) is 5.28 Å². The maximum atomic E-state index is 5.61. The van der Waals surface area contributed by atoms with Gasteiger partial charge in [0.15, 0.2) is 0 Å². The van der Waals surface area contributed by atoms with Crippen LogP contribution in [-0.4, -0.2) is 19.9 Å². The molecular weight excluding hydrogens is 236 g/mol. The number of thiazole rings is 1. The van der Waals surface area contributed by atoms with Gasteiger partial charge in [0.1, 0.15) is 0 Å². The van der Waals surface area contributed by atoms with Gasteiger partial charge in [0.05, 0.1) is 17.7 Å². The van der Waals surface area contributed by atoms with E-state index in [9.17, 15) is 0 Å². The second-order valence-electron chi connectivity index (χ2n) is 2.62. The molecule has 2 aromatic heterocycles. The lowest BCUT2D eigenvalue weighted by molar-refractivity contribution is 0.991. The topological polar surface area (TPSA) is 89.6 Å². The number of anilines is 2. The summed E-state index contributed by atoms with van der Waals surface area (Å²) in [5.74, 6) is 0.441. The molecule has 0 fully saturated rings. The Labute approximate surface area is 94.6 Å². The summed E-state index contributed by atoms with van der Waals surface area (Å²) in [6.45, 7) is 0.531. The van der Waals surface area contributed by atoms with Gasteiger partial charge in [0.2, 0.25) is 17.2 Å². The Kier molecular flexibility index (Phi) is 2.93. The molecule has 78 valence electrons. The molecule has 6 nitrogen and oxygen atoms in total. The molecule has 0 unspecified atom stereocenters. The molecule has 0 aliphatic carbocycles. The quantitative estimate of drug-likeness (QED) is 0.840. The van der Waals surface area contributed by atoms with E-state index in [4.69, 9.17) is 17.3 Å². The summed E-state index contributed by atoms with van der Waals surface area (Å²) in [5, 5.41) is 4.95. The first kappa shape index (κ1) is 10.1. The zero-order chi connectivity index (χ0) is 10.7. The van der Waals surface area contributed by atoms with E-state index in [2.05, 4.69) is 25.3 Å². The third-order valence-electron chi connectivity index (χ3n) is 1.54. The Hall–Kier alpha value is -1.47. The van der Waals surface area contributed by atoms with Crippen molar-refractivity contribution in [3.63, 3.8) is 0 Å². The SMILES string of the molecule is Nc1nc(Cl)nc(NCc2cscn2)n1. The Morgan fingerprint density at radius 2 is 2.27 bits per heavy atom. The van der Waals surface area contributed by atoms with Crippen molar-refractivity contribution in [3.05, 3.63) is 21.9 Å². The summed E-state index contributed by atoms with van der Waals surface area (Å²) < 4.78 is 0. The van der Waals surface area contributed by atoms with Crippen molar-refractivity contribution < 1.29 is 0 Å². The zero-order valence-corrected chi connectivity index (χ0v) is 9.09. The third-order valence-corrected chi connectivity index (χ3v) is 2.34. The highest BCUT2D eigenvalue weighted by Crippen LogP contribution is 2.08. The number of rotatable bonds is 3. The van der Waals surface area contributed by atoms with Crippen LogP contribution in [0.5, 0.6) is 0 Å². The van der Waals surface area contributed by atoms with Crippen LogP contribution in [0.4, 0.5) is 11.9 Å². The van der Waals surface area contributed by atoms with Crippen LogP contribution in [-0.2, 0) is 6.54 Å². The van der Waals surface area contributed by atoms with Crippen molar-refractivity contribution in [1.82, 2.24) is 19.9 Å². The van der Waals surface area contributed by atoms with Gasteiger partial charge in [0.25, 0.3) is 0 Å². The third kappa shape index (κ3) is 2.74. The molecule has 0 bridgehead atoms. The molecule has 0 saturated heterocycles. The van der Waals surface area contributed by atoms with Crippen molar-refractivity contribution in [1.29, 1.82) is 0 Å². The second-order valence-corrected chi connectivity index (χ2v) is 3.68. The van der Waals surface area contributed by atoms with Gasteiger partial charge < -0.3 is 11.1 Å².